The van der Waals surface area contributed by atoms with E-state index in [2.05, 4.69) is 11.2 Å². The van der Waals surface area contributed by atoms with E-state index in [0.29, 0.717) is 25.9 Å². The molecule has 2 rings (SSSR count). The van der Waals surface area contributed by atoms with Crippen molar-refractivity contribution in [3.8, 4) is 6.07 Å². The van der Waals surface area contributed by atoms with Gasteiger partial charge in [-0.05, 0) is 19.8 Å². The monoisotopic (exact) mass is 274 g/mol. The molecule has 1 fully saturated rings. The fraction of sp³-hybridized carbons (Fsp3) is 0.667. The summed E-state index contributed by atoms with van der Waals surface area (Å²) in [5, 5.41) is 13.6. The van der Waals surface area contributed by atoms with Crippen molar-refractivity contribution in [1.82, 2.24) is 14.7 Å². The normalized spacial score (nSPS) is 17.4. The first kappa shape index (κ1) is 14.6. The lowest BCUT2D eigenvalue weighted by Gasteiger charge is -2.34. The van der Waals surface area contributed by atoms with Gasteiger partial charge >= 0.3 is 0 Å². The summed E-state index contributed by atoms with van der Waals surface area (Å²) >= 11 is 0. The Labute approximate surface area is 120 Å². The topological polar surface area (TPSA) is 61.9 Å². The van der Waals surface area contributed by atoms with Crippen LogP contribution in [0.4, 0.5) is 0 Å². The lowest BCUT2D eigenvalue weighted by molar-refractivity contribution is -0.141. The Morgan fingerprint density at radius 1 is 1.50 bits per heavy atom. The molecule has 1 saturated carbocycles. The lowest BCUT2D eigenvalue weighted by Crippen LogP contribution is -2.44. The van der Waals surface area contributed by atoms with Gasteiger partial charge in [0.2, 0.25) is 5.91 Å². The van der Waals surface area contributed by atoms with E-state index in [0.717, 1.165) is 24.8 Å². The summed E-state index contributed by atoms with van der Waals surface area (Å²) in [5.41, 5.74) is 0.211. The number of rotatable bonds is 4. The lowest BCUT2D eigenvalue weighted by atomic mass is 9.74. The van der Waals surface area contributed by atoms with Gasteiger partial charge < -0.3 is 4.90 Å². The average Bonchev–Trinajstić information content (AvgIpc) is 2.90. The molecule has 0 atom stereocenters. The van der Waals surface area contributed by atoms with Crippen LogP contribution < -0.4 is 0 Å². The van der Waals surface area contributed by atoms with Crippen molar-refractivity contribution in [2.75, 3.05) is 6.54 Å². The molecule has 1 amide bonds. The number of carbonyl (C=O) groups excluding carboxylic acids is 1. The zero-order valence-corrected chi connectivity index (χ0v) is 12.3. The van der Waals surface area contributed by atoms with Gasteiger partial charge in [-0.15, -0.1) is 0 Å². The molecule has 0 saturated heterocycles. The van der Waals surface area contributed by atoms with Gasteiger partial charge in [0, 0.05) is 31.9 Å². The number of nitriles is 1. The Kier molecular flexibility index (Phi) is 4.43. The number of nitrogens with zero attached hydrogens (tertiary/aromatic N) is 4. The highest BCUT2D eigenvalue weighted by Crippen LogP contribution is 2.37. The Bertz CT molecular complexity index is 508. The summed E-state index contributed by atoms with van der Waals surface area (Å²) < 4.78 is 1.73. The summed E-state index contributed by atoms with van der Waals surface area (Å²) in [5.74, 6) is -0.00828. The molecule has 108 valence electrons. The zero-order valence-electron chi connectivity index (χ0n) is 12.3. The van der Waals surface area contributed by atoms with Crippen molar-refractivity contribution in [3.05, 3.63) is 18.0 Å². The van der Waals surface area contributed by atoms with E-state index >= 15 is 0 Å². The van der Waals surface area contributed by atoms with Gasteiger partial charge in [0.25, 0.3) is 0 Å². The van der Waals surface area contributed by atoms with Gasteiger partial charge in [-0.3, -0.25) is 9.48 Å². The van der Waals surface area contributed by atoms with Crippen LogP contribution in [0.25, 0.3) is 0 Å². The molecule has 1 heterocycles. The van der Waals surface area contributed by atoms with E-state index in [4.69, 9.17) is 0 Å². The standard InChI is InChI=1S/C15H22N4O/c1-3-19(11-13-9-17-18(2)10-13)14(20)15(12-16)7-5-4-6-8-15/h9-10H,3-8,11H2,1-2H3. The van der Waals surface area contributed by atoms with E-state index in [1.165, 1.54) is 0 Å². The van der Waals surface area contributed by atoms with Crippen LogP contribution >= 0.6 is 0 Å². The molecule has 0 aromatic carbocycles. The van der Waals surface area contributed by atoms with E-state index in [1.54, 1.807) is 15.8 Å². The van der Waals surface area contributed by atoms with E-state index < -0.39 is 5.41 Å². The maximum absolute atomic E-state index is 12.8. The fourth-order valence-electron chi connectivity index (χ4n) is 2.93. The first-order valence-electron chi connectivity index (χ1n) is 7.29. The summed E-state index contributed by atoms with van der Waals surface area (Å²) in [4.78, 5) is 14.6. The highest BCUT2D eigenvalue weighted by atomic mass is 16.2. The molecule has 1 aromatic heterocycles. The second kappa shape index (κ2) is 6.08. The van der Waals surface area contributed by atoms with Crippen LogP contribution in [-0.4, -0.2) is 27.1 Å². The molecule has 0 radical (unpaired) electrons. The third-order valence-electron chi connectivity index (χ3n) is 4.13. The van der Waals surface area contributed by atoms with E-state index in [-0.39, 0.29) is 5.91 Å². The molecular weight excluding hydrogens is 252 g/mol. The summed E-state index contributed by atoms with van der Waals surface area (Å²) in [6.07, 6.45) is 8.17. The quantitative estimate of drug-likeness (QED) is 0.846. The third-order valence-corrected chi connectivity index (χ3v) is 4.13. The zero-order chi connectivity index (χ0) is 14.6. The van der Waals surface area contributed by atoms with E-state index in [1.807, 2.05) is 20.2 Å². The first-order chi connectivity index (χ1) is 9.61. The molecular formula is C15H22N4O. The maximum atomic E-state index is 12.8. The minimum absolute atomic E-state index is 0.00828. The number of amides is 1. The Morgan fingerprint density at radius 3 is 2.70 bits per heavy atom. The smallest absolute Gasteiger partial charge is 0.243 e. The van der Waals surface area contributed by atoms with Gasteiger partial charge in [-0.1, -0.05) is 19.3 Å². The van der Waals surface area contributed by atoms with Crippen LogP contribution in [0, 0.1) is 16.7 Å². The van der Waals surface area contributed by atoms with E-state index in [9.17, 15) is 10.1 Å². The average molecular weight is 274 g/mol. The SMILES string of the molecule is CCN(Cc1cnn(C)c1)C(=O)C1(C#N)CCCCC1. The largest absolute Gasteiger partial charge is 0.337 e. The minimum atomic E-state index is -0.795. The van der Waals surface area contributed by atoms with Crippen molar-refractivity contribution < 1.29 is 4.79 Å². The second-order valence-electron chi connectivity index (χ2n) is 5.60. The molecule has 20 heavy (non-hydrogen) atoms. The van der Waals surface area contributed by atoms with Crippen molar-refractivity contribution >= 4 is 5.91 Å². The Balaban J connectivity index is 2.13. The number of hydrogen-bond donors (Lipinski definition) is 0. The molecule has 5 heteroatoms. The predicted molar refractivity (Wildman–Crippen MR) is 75.4 cm³/mol. The second-order valence-corrected chi connectivity index (χ2v) is 5.60. The number of hydrogen-bond acceptors (Lipinski definition) is 3. The van der Waals surface area contributed by atoms with Gasteiger partial charge in [-0.2, -0.15) is 10.4 Å². The molecule has 1 aromatic rings. The third kappa shape index (κ3) is 2.84. The van der Waals surface area contributed by atoms with Gasteiger partial charge in [0.1, 0.15) is 5.41 Å². The Morgan fingerprint density at radius 2 is 2.20 bits per heavy atom. The molecule has 0 aliphatic heterocycles. The summed E-state index contributed by atoms with van der Waals surface area (Å²) in [7, 11) is 1.86. The van der Waals surface area contributed by atoms with Gasteiger partial charge in [0.05, 0.1) is 12.3 Å². The van der Waals surface area contributed by atoms with Crippen LogP contribution in [0.2, 0.25) is 0 Å². The minimum Gasteiger partial charge on any atom is -0.337 e. The number of aromatic nitrogens is 2. The van der Waals surface area contributed by atoms with Crippen LogP contribution in [0.3, 0.4) is 0 Å². The molecule has 5 nitrogen and oxygen atoms in total. The van der Waals surface area contributed by atoms with Crippen LogP contribution in [0.5, 0.6) is 0 Å². The molecule has 1 aliphatic carbocycles. The van der Waals surface area contributed by atoms with Crippen molar-refractivity contribution in [3.63, 3.8) is 0 Å². The molecule has 0 unspecified atom stereocenters. The fourth-order valence-corrected chi connectivity index (χ4v) is 2.93. The number of carbonyl (C=O) groups is 1. The van der Waals surface area contributed by atoms with Crippen LogP contribution in [-0.2, 0) is 18.4 Å². The van der Waals surface area contributed by atoms with Crippen LogP contribution in [0.1, 0.15) is 44.6 Å². The highest BCUT2D eigenvalue weighted by Gasteiger charge is 2.42. The van der Waals surface area contributed by atoms with Gasteiger partial charge in [-0.25, -0.2) is 0 Å². The molecule has 0 N–H and O–H groups in total. The summed E-state index contributed by atoms with van der Waals surface area (Å²) in [6, 6.07) is 2.31. The van der Waals surface area contributed by atoms with Crippen molar-refractivity contribution in [1.29, 1.82) is 5.26 Å². The number of aryl methyl sites for hydroxylation is 1. The first-order valence-corrected chi connectivity index (χ1v) is 7.29. The van der Waals surface area contributed by atoms with Crippen molar-refractivity contribution in [2.45, 2.75) is 45.6 Å². The molecule has 1 aliphatic rings. The van der Waals surface area contributed by atoms with Crippen molar-refractivity contribution in [2.24, 2.45) is 12.5 Å². The predicted octanol–water partition coefficient (Wildman–Crippen LogP) is 2.24. The maximum Gasteiger partial charge on any atom is 0.243 e. The highest BCUT2D eigenvalue weighted by molar-refractivity contribution is 5.85. The summed E-state index contributed by atoms with van der Waals surface area (Å²) in [6.45, 7) is 3.12. The Hall–Kier alpha value is -1.83. The molecule has 0 bridgehead atoms. The van der Waals surface area contributed by atoms with Crippen LogP contribution in [0.15, 0.2) is 12.4 Å². The van der Waals surface area contributed by atoms with Gasteiger partial charge in [0.15, 0.2) is 0 Å². The molecule has 0 spiro atoms.